The maximum atomic E-state index is 14.6. The first-order valence-electron chi connectivity index (χ1n) is 9.42. The van der Waals surface area contributed by atoms with E-state index in [1.54, 1.807) is 29.2 Å². The molecule has 2 rings (SSSR count). The Morgan fingerprint density at radius 1 is 1.31 bits per heavy atom. The van der Waals surface area contributed by atoms with E-state index < -0.39 is 11.4 Å². The van der Waals surface area contributed by atoms with E-state index in [0.29, 0.717) is 37.3 Å². The minimum atomic E-state index is -0.528. The lowest BCUT2D eigenvalue weighted by Gasteiger charge is -2.38. The van der Waals surface area contributed by atoms with Crippen LogP contribution in [-0.2, 0) is 4.74 Å². The van der Waals surface area contributed by atoms with Crippen LogP contribution in [0.5, 0.6) is 0 Å². The highest BCUT2D eigenvalue weighted by molar-refractivity contribution is 5.68. The standard InChI is InChI=1S/C21H26FN5O2/c1-21(2,3)29-20(28)27-9-7-17(8-10-27)26(4)19-6-5-16(11-18(19)22)25-14-15(12-23)13-24/h5-6,11,14,17,25H,7-10H2,1-4H3. The molecule has 1 N–H and O–H groups in total. The summed E-state index contributed by atoms with van der Waals surface area (Å²) in [6.07, 6.45) is 2.35. The zero-order valence-electron chi connectivity index (χ0n) is 17.2. The SMILES string of the molecule is CN(c1ccc(NC=C(C#N)C#N)cc1F)C1CCN(C(=O)OC(C)(C)C)CC1. The number of nitrogens with zero attached hydrogens (tertiary/aromatic N) is 4. The monoisotopic (exact) mass is 399 g/mol. The second-order valence-electron chi connectivity index (χ2n) is 7.90. The fourth-order valence-corrected chi connectivity index (χ4v) is 3.09. The number of nitrogens with one attached hydrogen (secondary N) is 1. The molecule has 1 aromatic rings. The molecule has 0 bridgehead atoms. The van der Waals surface area contributed by atoms with Crippen LogP contribution >= 0.6 is 0 Å². The van der Waals surface area contributed by atoms with Crippen LogP contribution in [0.25, 0.3) is 0 Å². The maximum Gasteiger partial charge on any atom is 0.410 e. The van der Waals surface area contributed by atoms with Crippen molar-refractivity contribution >= 4 is 17.5 Å². The van der Waals surface area contributed by atoms with Crippen molar-refractivity contribution < 1.29 is 13.9 Å². The largest absolute Gasteiger partial charge is 0.444 e. The molecule has 0 unspecified atom stereocenters. The zero-order valence-corrected chi connectivity index (χ0v) is 17.2. The molecule has 154 valence electrons. The second-order valence-corrected chi connectivity index (χ2v) is 7.90. The lowest BCUT2D eigenvalue weighted by molar-refractivity contribution is 0.0205. The number of halogens is 1. The maximum absolute atomic E-state index is 14.6. The third kappa shape index (κ3) is 6.11. The summed E-state index contributed by atoms with van der Waals surface area (Å²) in [5.74, 6) is -0.407. The molecule has 1 aromatic carbocycles. The predicted molar refractivity (Wildman–Crippen MR) is 109 cm³/mol. The van der Waals surface area contributed by atoms with Crippen LogP contribution in [0.15, 0.2) is 30.0 Å². The molecule has 0 radical (unpaired) electrons. The Balaban J connectivity index is 1.98. The molecule has 1 aliphatic rings. The number of carbonyl (C=O) groups excluding carboxylic acids is 1. The molecule has 0 aliphatic carbocycles. The van der Waals surface area contributed by atoms with Gasteiger partial charge in [0.05, 0.1) is 5.69 Å². The molecule has 0 atom stereocenters. The van der Waals surface area contributed by atoms with Gasteiger partial charge < -0.3 is 19.9 Å². The van der Waals surface area contributed by atoms with Crippen molar-refractivity contribution in [1.82, 2.24) is 4.90 Å². The van der Waals surface area contributed by atoms with Gasteiger partial charge in [-0.2, -0.15) is 10.5 Å². The van der Waals surface area contributed by atoms with Gasteiger partial charge in [-0.3, -0.25) is 0 Å². The number of benzene rings is 1. The normalized spacial score (nSPS) is 14.4. The Morgan fingerprint density at radius 2 is 1.93 bits per heavy atom. The van der Waals surface area contributed by atoms with Crippen LogP contribution in [0.3, 0.4) is 0 Å². The van der Waals surface area contributed by atoms with E-state index in [-0.39, 0.29) is 17.7 Å². The van der Waals surface area contributed by atoms with E-state index in [9.17, 15) is 9.18 Å². The summed E-state index contributed by atoms with van der Waals surface area (Å²) in [6.45, 7) is 6.63. The van der Waals surface area contributed by atoms with Crippen molar-refractivity contribution in [1.29, 1.82) is 10.5 Å². The van der Waals surface area contributed by atoms with Crippen LogP contribution in [0, 0.1) is 28.5 Å². The molecule has 1 fully saturated rings. The topological polar surface area (TPSA) is 92.4 Å². The van der Waals surface area contributed by atoms with Gasteiger partial charge in [-0.1, -0.05) is 0 Å². The van der Waals surface area contributed by atoms with Crippen LogP contribution < -0.4 is 10.2 Å². The summed E-state index contributed by atoms with van der Waals surface area (Å²) >= 11 is 0. The fraction of sp³-hybridized carbons (Fsp3) is 0.476. The number of hydrogen-bond donors (Lipinski definition) is 1. The summed E-state index contributed by atoms with van der Waals surface area (Å²) < 4.78 is 20.0. The Hall–Kier alpha value is -3.26. The molecule has 29 heavy (non-hydrogen) atoms. The number of anilines is 2. The number of carbonyl (C=O) groups is 1. The number of likely N-dealkylation sites (tertiary alicyclic amines) is 1. The van der Waals surface area contributed by atoms with Crippen LogP contribution in [0.1, 0.15) is 33.6 Å². The highest BCUT2D eigenvalue weighted by Crippen LogP contribution is 2.27. The van der Waals surface area contributed by atoms with E-state index in [1.165, 1.54) is 12.3 Å². The van der Waals surface area contributed by atoms with E-state index >= 15 is 0 Å². The summed E-state index contributed by atoms with van der Waals surface area (Å²) in [5, 5.41) is 20.2. The second kappa shape index (κ2) is 9.29. The molecule has 8 heteroatoms. The van der Waals surface area contributed by atoms with Crippen LogP contribution in [0.4, 0.5) is 20.6 Å². The number of allylic oxidation sites excluding steroid dienone is 1. The number of piperidine rings is 1. The molecule has 1 amide bonds. The minimum absolute atomic E-state index is 0.0941. The highest BCUT2D eigenvalue weighted by atomic mass is 19.1. The molecular weight excluding hydrogens is 373 g/mol. The van der Waals surface area contributed by atoms with Crippen LogP contribution in [0.2, 0.25) is 0 Å². The average Bonchev–Trinajstić information content (AvgIpc) is 2.67. The summed E-state index contributed by atoms with van der Waals surface area (Å²) in [4.78, 5) is 15.8. The number of amides is 1. The van der Waals surface area contributed by atoms with Gasteiger partial charge in [0.2, 0.25) is 0 Å². The van der Waals surface area contributed by atoms with Gasteiger partial charge >= 0.3 is 6.09 Å². The Bertz CT molecular complexity index is 839. The predicted octanol–water partition coefficient (Wildman–Crippen LogP) is 4.00. The first-order valence-corrected chi connectivity index (χ1v) is 9.42. The first-order chi connectivity index (χ1) is 13.6. The van der Waals surface area contributed by atoms with Gasteiger partial charge in [0.25, 0.3) is 0 Å². The van der Waals surface area contributed by atoms with E-state index in [4.69, 9.17) is 15.3 Å². The molecule has 7 nitrogen and oxygen atoms in total. The van der Waals surface area contributed by atoms with Gasteiger partial charge in [-0.25, -0.2) is 9.18 Å². The van der Waals surface area contributed by atoms with Crippen molar-refractivity contribution in [3.05, 3.63) is 35.8 Å². The smallest absolute Gasteiger partial charge is 0.410 e. The van der Waals surface area contributed by atoms with Gasteiger partial charge in [-0.15, -0.1) is 0 Å². The summed E-state index contributed by atoms with van der Waals surface area (Å²) in [6, 6.07) is 8.23. The van der Waals surface area contributed by atoms with Crippen molar-refractivity contribution in [3.63, 3.8) is 0 Å². The molecule has 1 heterocycles. The molecule has 1 saturated heterocycles. The number of rotatable bonds is 4. The van der Waals surface area contributed by atoms with Gasteiger partial charge in [-0.05, 0) is 51.8 Å². The molecule has 0 aromatic heterocycles. The highest BCUT2D eigenvalue weighted by Gasteiger charge is 2.29. The summed E-state index contributed by atoms with van der Waals surface area (Å²) in [5.41, 5.74) is 0.279. The molecule has 0 saturated carbocycles. The fourth-order valence-electron chi connectivity index (χ4n) is 3.09. The quantitative estimate of drug-likeness (QED) is 0.769. The lowest BCUT2D eigenvalue weighted by Crippen LogP contribution is -2.47. The first kappa shape index (κ1) is 22.0. The Labute approximate surface area is 171 Å². The number of nitriles is 2. The van der Waals surface area contributed by atoms with Crippen molar-refractivity contribution in [2.45, 2.75) is 45.3 Å². The Morgan fingerprint density at radius 3 is 2.45 bits per heavy atom. The Kier molecular flexibility index (Phi) is 7.06. The van der Waals surface area contributed by atoms with Crippen molar-refractivity contribution in [3.8, 4) is 12.1 Å². The lowest BCUT2D eigenvalue weighted by atomic mass is 10.0. The van der Waals surface area contributed by atoms with Gasteiger partial charge in [0, 0.05) is 38.1 Å². The van der Waals surface area contributed by atoms with Crippen molar-refractivity contribution in [2.24, 2.45) is 0 Å². The minimum Gasteiger partial charge on any atom is -0.444 e. The number of ether oxygens (including phenoxy) is 1. The van der Waals surface area contributed by atoms with Gasteiger partial charge in [0.15, 0.2) is 0 Å². The average molecular weight is 399 g/mol. The molecule has 0 spiro atoms. The third-order valence-corrected chi connectivity index (χ3v) is 4.62. The van der Waals surface area contributed by atoms with Gasteiger partial charge in [0.1, 0.15) is 29.1 Å². The third-order valence-electron chi connectivity index (χ3n) is 4.62. The number of hydrogen-bond acceptors (Lipinski definition) is 6. The zero-order chi connectivity index (χ0) is 21.6. The molecular formula is C21H26FN5O2. The summed E-state index contributed by atoms with van der Waals surface area (Å²) in [7, 11) is 1.84. The van der Waals surface area contributed by atoms with Crippen molar-refractivity contribution in [2.75, 3.05) is 30.4 Å². The van der Waals surface area contributed by atoms with Crippen LogP contribution in [-0.4, -0.2) is 42.8 Å². The van der Waals surface area contributed by atoms with E-state index in [0.717, 1.165) is 0 Å². The molecule has 1 aliphatic heterocycles. The van der Waals surface area contributed by atoms with E-state index in [1.807, 2.05) is 32.7 Å². The van der Waals surface area contributed by atoms with E-state index in [2.05, 4.69) is 5.32 Å².